The summed E-state index contributed by atoms with van der Waals surface area (Å²) in [5.74, 6) is 0.720. The van der Waals surface area contributed by atoms with E-state index in [9.17, 15) is 19.5 Å². The molecule has 1 saturated heterocycles. The number of nitrogens with one attached hydrogen (secondary N) is 1. The van der Waals surface area contributed by atoms with E-state index < -0.39 is 17.4 Å². The van der Waals surface area contributed by atoms with Crippen molar-refractivity contribution >= 4 is 35.4 Å². The monoisotopic (exact) mass is 604 g/mol. The van der Waals surface area contributed by atoms with Crippen LogP contribution in [0.1, 0.15) is 58.6 Å². The number of anilines is 1. The van der Waals surface area contributed by atoms with Gasteiger partial charge in [0.05, 0.1) is 11.6 Å². The summed E-state index contributed by atoms with van der Waals surface area (Å²) in [7, 11) is 0. The smallest absolute Gasteiger partial charge is 0.224 e. The van der Waals surface area contributed by atoms with Crippen molar-refractivity contribution in [1.82, 2.24) is 4.90 Å². The molecule has 4 aromatic carbocycles. The molecule has 6 nitrogen and oxygen atoms in total. The van der Waals surface area contributed by atoms with Crippen molar-refractivity contribution in [2.75, 3.05) is 23.6 Å². The summed E-state index contributed by atoms with van der Waals surface area (Å²) in [6.45, 7) is 0.0837. The highest BCUT2D eigenvalue weighted by Crippen LogP contribution is 2.48. The Morgan fingerprint density at radius 3 is 2.30 bits per heavy atom. The molecule has 2 unspecified atom stereocenters. The molecule has 2 aliphatic rings. The van der Waals surface area contributed by atoms with Gasteiger partial charge in [-0.2, -0.15) is 0 Å². The number of amides is 1. The van der Waals surface area contributed by atoms with E-state index in [1.54, 1.807) is 11.8 Å². The predicted octanol–water partition coefficient (Wildman–Crippen LogP) is 5.91. The summed E-state index contributed by atoms with van der Waals surface area (Å²) in [5.41, 5.74) is 6.44. The number of carbonyl (C=O) groups excluding carboxylic acids is 3. The number of ketones is 1. The van der Waals surface area contributed by atoms with Gasteiger partial charge in [0.2, 0.25) is 11.7 Å². The van der Waals surface area contributed by atoms with Gasteiger partial charge in [0.15, 0.2) is 6.29 Å². The third-order valence-electron chi connectivity index (χ3n) is 8.96. The Morgan fingerprint density at radius 2 is 1.61 bits per heavy atom. The van der Waals surface area contributed by atoms with Crippen LogP contribution in [-0.2, 0) is 26.3 Å². The molecule has 6 rings (SSSR count). The van der Waals surface area contributed by atoms with Gasteiger partial charge >= 0.3 is 0 Å². The summed E-state index contributed by atoms with van der Waals surface area (Å²) < 4.78 is 0. The van der Waals surface area contributed by atoms with Gasteiger partial charge in [-0.15, -0.1) is 11.8 Å². The van der Waals surface area contributed by atoms with Crippen LogP contribution in [0.5, 0.6) is 0 Å². The Hall–Kier alpha value is -4.04. The first-order valence-corrected chi connectivity index (χ1v) is 16.3. The summed E-state index contributed by atoms with van der Waals surface area (Å²) in [6.07, 6.45) is 2.95. The maximum absolute atomic E-state index is 13.1. The first kappa shape index (κ1) is 30.0. The van der Waals surface area contributed by atoms with E-state index >= 15 is 0 Å². The standard InChI is InChI=1S/C37H36N2O4S/c40-21-9-17-30(31-16-8-18-33-32(31)19-20-36(43)38-33)26-10-7-15-29(22-26)37(27-11-3-1-4-12-27,28-13-5-2-6-14-28)39-25-44-24-34(39)35(42)23-41/h1-8,10-16,18,22-23,30,34,40H,9,17,19-21,24-25H2,(H,38,43). The van der Waals surface area contributed by atoms with Gasteiger partial charge < -0.3 is 10.4 Å². The van der Waals surface area contributed by atoms with Gasteiger partial charge in [-0.1, -0.05) is 97.1 Å². The van der Waals surface area contributed by atoms with E-state index in [1.807, 2.05) is 48.5 Å². The van der Waals surface area contributed by atoms with Crippen LogP contribution in [0.15, 0.2) is 103 Å². The van der Waals surface area contributed by atoms with Crippen molar-refractivity contribution in [3.05, 3.63) is 137 Å². The molecule has 2 N–H and O–H groups in total. The van der Waals surface area contributed by atoms with Crippen molar-refractivity contribution in [2.45, 2.75) is 43.2 Å². The summed E-state index contributed by atoms with van der Waals surface area (Å²) in [6, 6.07) is 34.6. The number of carbonyl (C=O) groups is 3. The van der Waals surface area contributed by atoms with Crippen LogP contribution >= 0.6 is 11.8 Å². The number of thioether (sulfide) groups is 1. The zero-order chi connectivity index (χ0) is 30.5. The number of aldehydes is 1. The van der Waals surface area contributed by atoms with E-state index in [0.717, 1.165) is 45.5 Å². The maximum atomic E-state index is 13.1. The normalized spacial score (nSPS) is 17.5. The van der Waals surface area contributed by atoms with Crippen LogP contribution in [0.3, 0.4) is 0 Å². The highest BCUT2D eigenvalue weighted by Gasteiger charge is 2.49. The first-order chi connectivity index (χ1) is 21.6. The molecule has 0 aromatic heterocycles. The maximum Gasteiger partial charge on any atom is 0.224 e. The van der Waals surface area contributed by atoms with Crippen LogP contribution in [0.4, 0.5) is 5.69 Å². The minimum Gasteiger partial charge on any atom is -0.396 e. The average molecular weight is 605 g/mol. The fourth-order valence-corrected chi connectivity index (χ4v) is 8.24. The number of aliphatic hydroxyl groups is 1. The van der Waals surface area contributed by atoms with Gasteiger partial charge in [0.1, 0.15) is 0 Å². The van der Waals surface area contributed by atoms with Crippen molar-refractivity contribution < 1.29 is 19.5 Å². The second-order valence-corrected chi connectivity index (χ2v) is 12.4. The van der Waals surface area contributed by atoms with Crippen LogP contribution < -0.4 is 5.32 Å². The highest BCUT2D eigenvalue weighted by atomic mass is 32.2. The summed E-state index contributed by atoms with van der Waals surface area (Å²) in [4.78, 5) is 39.4. The molecule has 2 heterocycles. The number of benzene rings is 4. The first-order valence-electron chi connectivity index (χ1n) is 15.2. The van der Waals surface area contributed by atoms with Crippen molar-refractivity contribution in [1.29, 1.82) is 0 Å². The van der Waals surface area contributed by atoms with E-state index in [0.29, 0.717) is 37.2 Å². The Balaban J connectivity index is 1.58. The summed E-state index contributed by atoms with van der Waals surface area (Å²) in [5, 5.41) is 12.9. The predicted molar refractivity (Wildman–Crippen MR) is 175 cm³/mol. The SMILES string of the molecule is O=CC(=O)C1CSCN1C(c1ccccc1)(c1ccccc1)c1cccc(C(CCCO)c2cccc3c2CCC(=O)N3)c1. The lowest BCUT2D eigenvalue weighted by atomic mass is 9.73. The molecule has 4 aromatic rings. The number of hydrogen-bond acceptors (Lipinski definition) is 6. The molecule has 0 radical (unpaired) electrons. The van der Waals surface area contributed by atoms with Crippen molar-refractivity contribution in [3.8, 4) is 0 Å². The fraction of sp³-hybridized carbons (Fsp3) is 0.270. The molecular weight excluding hydrogens is 568 g/mol. The van der Waals surface area contributed by atoms with Crippen LogP contribution in [0, 0.1) is 0 Å². The van der Waals surface area contributed by atoms with Gasteiger partial charge in [0.25, 0.3) is 0 Å². The molecule has 7 heteroatoms. The second kappa shape index (κ2) is 13.3. The topological polar surface area (TPSA) is 86.7 Å². The molecule has 0 bridgehead atoms. The largest absolute Gasteiger partial charge is 0.396 e. The van der Waals surface area contributed by atoms with Crippen LogP contribution in [-0.4, -0.2) is 52.3 Å². The third-order valence-corrected chi connectivity index (χ3v) is 9.97. The Bertz CT molecular complexity index is 1600. The number of rotatable bonds is 11. The number of Topliss-reactive ketones (excluding diaryl/α,β-unsaturated/α-hetero) is 1. The second-order valence-electron chi connectivity index (χ2n) is 11.4. The number of aliphatic hydroxyl groups excluding tert-OH is 1. The van der Waals surface area contributed by atoms with E-state index in [2.05, 4.69) is 64.8 Å². The summed E-state index contributed by atoms with van der Waals surface area (Å²) >= 11 is 1.66. The molecular formula is C37H36N2O4S. The minimum absolute atomic E-state index is 0.0170. The molecule has 0 spiro atoms. The van der Waals surface area contributed by atoms with Crippen LogP contribution in [0.25, 0.3) is 0 Å². The highest BCUT2D eigenvalue weighted by molar-refractivity contribution is 7.99. The van der Waals surface area contributed by atoms with Gasteiger partial charge in [-0.05, 0) is 58.7 Å². The lowest BCUT2D eigenvalue weighted by Crippen LogP contribution is -2.53. The molecule has 1 fully saturated rings. The molecule has 224 valence electrons. The van der Waals surface area contributed by atoms with Crippen LogP contribution in [0.2, 0.25) is 0 Å². The van der Waals surface area contributed by atoms with Crippen molar-refractivity contribution in [2.24, 2.45) is 0 Å². The van der Waals surface area contributed by atoms with Gasteiger partial charge in [-0.3, -0.25) is 19.3 Å². The number of fused-ring (bicyclic) bond motifs is 1. The third kappa shape index (κ3) is 5.52. The average Bonchev–Trinajstić information content (AvgIpc) is 3.56. The quantitative estimate of drug-likeness (QED) is 0.126. The lowest BCUT2D eigenvalue weighted by molar-refractivity contribution is -0.133. The van der Waals surface area contributed by atoms with E-state index in [-0.39, 0.29) is 18.4 Å². The lowest BCUT2D eigenvalue weighted by Gasteiger charge is -2.45. The Morgan fingerprint density at radius 1 is 0.932 bits per heavy atom. The Labute approximate surface area is 262 Å². The van der Waals surface area contributed by atoms with Gasteiger partial charge in [0, 0.05) is 36.3 Å². The van der Waals surface area contributed by atoms with E-state index in [4.69, 9.17) is 0 Å². The molecule has 0 saturated carbocycles. The molecule has 0 aliphatic carbocycles. The number of hydrogen-bond donors (Lipinski definition) is 2. The van der Waals surface area contributed by atoms with E-state index in [1.165, 1.54) is 0 Å². The van der Waals surface area contributed by atoms with Crippen molar-refractivity contribution in [3.63, 3.8) is 0 Å². The minimum atomic E-state index is -0.850. The Kier molecular flexibility index (Phi) is 9.07. The molecule has 2 atom stereocenters. The molecule has 1 amide bonds. The number of nitrogens with zero attached hydrogens (tertiary/aromatic N) is 1. The van der Waals surface area contributed by atoms with Gasteiger partial charge in [-0.25, -0.2) is 0 Å². The zero-order valence-electron chi connectivity index (χ0n) is 24.5. The molecule has 44 heavy (non-hydrogen) atoms. The molecule has 2 aliphatic heterocycles. The fourth-order valence-electron chi connectivity index (χ4n) is 7.00. The zero-order valence-corrected chi connectivity index (χ0v) is 25.3.